The number of hydrogen-bond acceptors (Lipinski definition) is 8. The molecule has 1 aromatic rings. The molecule has 0 radical (unpaired) electrons. The number of esters is 1. The number of rotatable bonds is 11. The number of benzene rings is 1. The average molecular weight is 623 g/mol. The van der Waals surface area contributed by atoms with Crippen molar-refractivity contribution in [1.29, 1.82) is 0 Å². The van der Waals surface area contributed by atoms with Crippen molar-refractivity contribution in [2.75, 3.05) is 6.61 Å². The third kappa shape index (κ3) is 8.02. The number of hydrogen-bond donors (Lipinski definition) is 0. The van der Waals surface area contributed by atoms with Gasteiger partial charge < -0.3 is 33.2 Å². The summed E-state index contributed by atoms with van der Waals surface area (Å²) >= 11 is 0. The van der Waals surface area contributed by atoms with Crippen molar-refractivity contribution in [2.24, 2.45) is 35.5 Å². The first kappa shape index (κ1) is 35.2. The van der Waals surface area contributed by atoms with Crippen LogP contribution in [0.15, 0.2) is 30.3 Å². The summed E-state index contributed by atoms with van der Waals surface area (Å²) in [5, 5.41) is 0. The molecule has 3 saturated heterocycles. The van der Waals surface area contributed by atoms with E-state index in [0.717, 1.165) is 12.0 Å². The Hall–Kier alpha value is -1.62. The Morgan fingerprint density at radius 2 is 1.27 bits per heavy atom. The zero-order valence-electron chi connectivity index (χ0n) is 28.0. The minimum Gasteiger partial charge on any atom is -0.457 e. The van der Waals surface area contributed by atoms with E-state index in [1.807, 2.05) is 58.0 Å². The summed E-state index contributed by atoms with van der Waals surface area (Å²) in [6.07, 6.45) is -3.82. The molecule has 0 aromatic heterocycles. The molecule has 0 amide bonds. The lowest BCUT2D eigenvalue weighted by molar-refractivity contribution is -0.352. The Bertz CT molecular complexity index is 1030. The van der Waals surface area contributed by atoms with Crippen molar-refractivity contribution >= 4 is 5.97 Å². The minimum absolute atomic E-state index is 0.0126. The van der Waals surface area contributed by atoms with Crippen LogP contribution < -0.4 is 0 Å². The number of ether oxygens (including phenoxy) is 7. The summed E-state index contributed by atoms with van der Waals surface area (Å²) in [5.74, 6) is -0.303. The van der Waals surface area contributed by atoms with E-state index >= 15 is 4.39 Å². The molecule has 6 unspecified atom stereocenters. The van der Waals surface area contributed by atoms with E-state index in [1.165, 1.54) is 6.92 Å². The van der Waals surface area contributed by atoms with Crippen molar-refractivity contribution in [3.63, 3.8) is 0 Å². The second kappa shape index (κ2) is 15.8. The van der Waals surface area contributed by atoms with Crippen LogP contribution in [-0.4, -0.2) is 68.1 Å². The maximum Gasteiger partial charge on any atom is 0.303 e. The summed E-state index contributed by atoms with van der Waals surface area (Å²) in [5.41, 5.74) is 1.09. The Morgan fingerprint density at radius 3 is 1.91 bits per heavy atom. The Kier molecular flexibility index (Phi) is 12.6. The molecule has 15 atom stereocenters. The molecule has 0 bridgehead atoms. The molecule has 0 spiro atoms. The highest BCUT2D eigenvalue weighted by Gasteiger charge is 2.51. The summed E-state index contributed by atoms with van der Waals surface area (Å²) in [6.45, 7) is 18.8. The Labute approximate surface area is 263 Å². The van der Waals surface area contributed by atoms with Crippen LogP contribution in [-0.2, 0) is 44.6 Å². The molecule has 3 heterocycles. The molecule has 3 fully saturated rings. The molecule has 3 aliphatic rings. The summed E-state index contributed by atoms with van der Waals surface area (Å²) in [7, 11) is 0. The fourth-order valence-electron chi connectivity index (χ4n) is 6.95. The van der Waals surface area contributed by atoms with Crippen LogP contribution in [0.25, 0.3) is 0 Å². The molecule has 0 aliphatic carbocycles. The molecule has 44 heavy (non-hydrogen) atoms. The molecular weight excluding hydrogens is 567 g/mol. The van der Waals surface area contributed by atoms with Crippen molar-refractivity contribution in [3.8, 4) is 0 Å². The first-order chi connectivity index (χ1) is 21.0. The van der Waals surface area contributed by atoms with Gasteiger partial charge in [-0.1, -0.05) is 85.7 Å². The molecule has 250 valence electrons. The smallest absolute Gasteiger partial charge is 0.303 e. The second-order valence-corrected chi connectivity index (χ2v) is 13.4. The van der Waals surface area contributed by atoms with Gasteiger partial charge in [0.2, 0.25) is 6.36 Å². The van der Waals surface area contributed by atoms with Gasteiger partial charge >= 0.3 is 5.97 Å². The van der Waals surface area contributed by atoms with Crippen LogP contribution in [0.3, 0.4) is 0 Å². The lowest BCUT2D eigenvalue weighted by atomic mass is 9.81. The van der Waals surface area contributed by atoms with Crippen LogP contribution in [0.5, 0.6) is 0 Å². The highest BCUT2D eigenvalue weighted by molar-refractivity contribution is 5.66. The summed E-state index contributed by atoms with van der Waals surface area (Å²) in [6, 6.07) is 10.0. The molecule has 4 rings (SSSR count). The number of halogens is 1. The quantitative estimate of drug-likeness (QED) is 0.253. The SMILES string of the molecule is CCC1O[C@H](F)C(O[C@@H]2OC(CC)[C@@H](O[C@@H]3OC(COCc4ccccc4)[C@H](C)[C@H](C)C3OC(C)=O)[C@H](C)C2C)[C@@H](C)[C@@H]1C. The molecule has 0 N–H and O–H groups in total. The fourth-order valence-corrected chi connectivity index (χ4v) is 6.95. The van der Waals surface area contributed by atoms with E-state index in [2.05, 4.69) is 27.7 Å². The fraction of sp³-hybridized carbons (Fsp3) is 0.800. The molecule has 3 aliphatic heterocycles. The molecule has 0 saturated carbocycles. The van der Waals surface area contributed by atoms with Gasteiger partial charge in [-0.2, -0.15) is 0 Å². The van der Waals surface area contributed by atoms with Gasteiger partial charge in [-0.05, 0) is 42.1 Å². The third-order valence-electron chi connectivity index (χ3n) is 10.5. The van der Waals surface area contributed by atoms with E-state index in [0.29, 0.717) is 19.6 Å². The van der Waals surface area contributed by atoms with Gasteiger partial charge in [-0.15, -0.1) is 0 Å². The lowest BCUT2D eigenvalue weighted by Crippen LogP contribution is -2.59. The minimum atomic E-state index is -1.50. The van der Waals surface area contributed by atoms with E-state index < -0.39 is 31.1 Å². The monoisotopic (exact) mass is 622 g/mol. The first-order valence-electron chi connectivity index (χ1n) is 16.7. The molecule has 1 aromatic carbocycles. The largest absolute Gasteiger partial charge is 0.457 e. The van der Waals surface area contributed by atoms with Crippen LogP contribution in [0.1, 0.15) is 80.7 Å². The Morgan fingerprint density at radius 1 is 0.705 bits per heavy atom. The van der Waals surface area contributed by atoms with Crippen molar-refractivity contribution in [3.05, 3.63) is 35.9 Å². The predicted molar refractivity (Wildman–Crippen MR) is 164 cm³/mol. The topological polar surface area (TPSA) is 81.7 Å². The molecule has 8 nitrogen and oxygen atoms in total. The second-order valence-electron chi connectivity index (χ2n) is 13.4. The van der Waals surface area contributed by atoms with Crippen LogP contribution in [0.2, 0.25) is 0 Å². The normalized spacial score (nSPS) is 43.0. The standard InChI is InChI=1S/C35H55FO8/c1-10-27-19(3)21(5)31(33(36)40-27)44-34-24(8)23(7)30(28(11-2)41-34)43-35-32(39-25(9)37)22(6)20(4)29(42-35)18-38-17-26-15-13-12-14-16-26/h12-16,19-24,27-35H,10-11,17-18H2,1-9H3/t19-,20+,21-,22-,23+,24?,27?,28?,29?,30-,31?,32?,33-,34-,35-/m0/s1. The van der Waals surface area contributed by atoms with Gasteiger partial charge in [-0.25, -0.2) is 4.39 Å². The van der Waals surface area contributed by atoms with Gasteiger partial charge in [0.1, 0.15) is 6.10 Å². The lowest BCUT2D eigenvalue weighted by Gasteiger charge is -2.50. The van der Waals surface area contributed by atoms with Crippen molar-refractivity contribution < 1.29 is 42.3 Å². The van der Waals surface area contributed by atoms with Crippen LogP contribution in [0.4, 0.5) is 4.39 Å². The third-order valence-corrected chi connectivity index (χ3v) is 10.5. The molecular formula is C35H55FO8. The van der Waals surface area contributed by atoms with Gasteiger partial charge in [0.05, 0.1) is 37.6 Å². The number of carbonyl (C=O) groups excluding carboxylic acids is 1. The predicted octanol–water partition coefficient (Wildman–Crippen LogP) is 6.69. The van der Waals surface area contributed by atoms with Gasteiger partial charge in [-0.3, -0.25) is 4.79 Å². The highest BCUT2D eigenvalue weighted by Crippen LogP contribution is 2.42. The van der Waals surface area contributed by atoms with Gasteiger partial charge in [0.25, 0.3) is 0 Å². The first-order valence-corrected chi connectivity index (χ1v) is 16.7. The van der Waals surface area contributed by atoms with Gasteiger partial charge in [0, 0.05) is 18.8 Å². The zero-order valence-corrected chi connectivity index (χ0v) is 28.0. The Balaban J connectivity index is 1.46. The van der Waals surface area contributed by atoms with E-state index in [9.17, 15) is 4.79 Å². The maximum atomic E-state index is 15.2. The highest BCUT2D eigenvalue weighted by atomic mass is 19.1. The summed E-state index contributed by atoms with van der Waals surface area (Å²) in [4.78, 5) is 12.2. The molecule has 9 heteroatoms. The maximum absolute atomic E-state index is 15.2. The van der Waals surface area contributed by atoms with Crippen LogP contribution >= 0.6 is 0 Å². The van der Waals surface area contributed by atoms with Crippen molar-refractivity contribution in [2.45, 2.75) is 137 Å². The average Bonchev–Trinajstić information content (AvgIpc) is 3.01. The van der Waals surface area contributed by atoms with Gasteiger partial charge in [0.15, 0.2) is 18.7 Å². The van der Waals surface area contributed by atoms with E-state index in [-0.39, 0.29) is 65.9 Å². The van der Waals surface area contributed by atoms with E-state index in [4.69, 9.17) is 33.2 Å². The number of carbonyl (C=O) groups is 1. The van der Waals surface area contributed by atoms with E-state index in [1.54, 1.807) is 0 Å². The van der Waals surface area contributed by atoms with Crippen LogP contribution in [0, 0.1) is 35.5 Å². The number of alkyl halides is 1. The van der Waals surface area contributed by atoms with Crippen molar-refractivity contribution in [1.82, 2.24) is 0 Å². The summed E-state index contributed by atoms with van der Waals surface area (Å²) < 4.78 is 58.9. The zero-order chi connectivity index (χ0) is 32.1.